The van der Waals surface area contributed by atoms with Gasteiger partial charge < -0.3 is 9.84 Å². The van der Waals surface area contributed by atoms with Crippen molar-refractivity contribution in [3.8, 4) is 0 Å². The maximum absolute atomic E-state index is 11.9. The third-order valence-electron chi connectivity index (χ3n) is 5.60. The van der Waals surface area contributed by atoms with Crippen molar-refractivity contribution in [2.24, 2.45) is 11.3 Å². The number of ether oxygens (including phenoxy) is 1. The molecule has 1 N–H and O–H groups in total. The van der Waals surface area contributed by atoms with Crippen molar-refractivity contribution in [1.82, 2.24) is 0 Å². The molecule has 0 spiro atoms. The Kier molecular flexibility index (Phi) is 3.88. The van der Waals surface area contributed by atoms with Crippen LogP contribution in [0.3, 0.4) is 0 Å². The Hall–Kier alpha value is -1.06. The summed E-state index contributed by atoms with van der Waals surface area (Å²) < 4.78 is 5.84. The maximum Gasteiger partial charge on any atom is 0.306 e. The third kappa shape index (κ3) is 2.15. The SMILES string of the molecule is CCC1(CC)C2CCC1(OC(=O)CCC(=O)O)CC2. The van der Waals surface area contributed by atoms with Crippen molar-refractivity contribution < 1.29 is 19.4 Å². The lowest BCUT2D eigenvalue weighted by Gasteiger charge is -2.42. The van der Waals surface area contributed by atoms with Gasteiger partial charge in [0.05, 0.1) is 12.8 Å². The molecule has 0 amide bonds. The van der Waals surface area contributed by atoms with Gasteiger partial charge in [-0.2, -0.15) is 0 Å². The van der Waals surface area contributed by atoms with Crippen molar-refractivity contribution in [3.63, 3.8) is 0 Å². The van der Waals surface area contributed by atoms with Gasteiger partial charge in [0.25, 0.3) is 0 Å². The van der Waals surface area contributed by atoms with E-state index < -0.39 is 5.97 Å². The summed E-state index contributed by atoms with van der Waals surface area (Å²) in [6, 6.07) is 0. The molecule has 0 heterocycles. The first kappa shape index (κ1) is 14.4. The van der Waals surface area contributed by atoms with Crippen LogP contribution >= 0.6 is 0 Å². The highest BCUT2D eigenvalue weighted by atomic mass is 16.6. The molecule has 19 heavy (non-hydrogen) atoms. The van der Waals surface area contributed by atoms with Crippen LogP contribution in [0, 0.1) is 11.3 Å². The van der Waals surface area contributed by atoms with Crippen LogP contribution in [-0.2, 0) is 14.3 Å². The Morgan fingerprint density at radius 1 is 1.16 bits per heavy atom. The number of carboxylic acid groups (broad SMARTS) is 1. The van der Waals surface area contributed by atoms with E-state index in [2.05, 4.69) is 13.8 Å². The Morgan fingerprint density at radius 3 is 2.21 bits per heavy atom. The fourth-order valence-corrected chi connectivity index (χ4v) is 4.66. The number of carboxylic acids is 1. The highest BCUT2D eigenvalue weighted by molar-refractivity contribution is 5.76. The van der Waals surface area contributed by atoms with Crippen molar-refractivity contribution in [2.75, 3.05) is 0 Å². The van der Waals surface area contributed by atoms with Gasteiger partial charge in [0.2, 0.25) is 0 Å². The van der Waals surface area contributed by atoms with E-state index in [-0.39, 0.29) is 29.8 Å². The minimum Gasteiger partial charge on any atom is -0.481 e. The molecule has 2 saturated carbocycles. The van der Waals surface area contributed by atoms with Crippen molar-refractivity contribution in [2.45, 2.75) is 70.8 Å². The van der Waals surface area contributed by atoms with E-state index in [4.69, 9.17) is 9.84 Å². The number of esters is 1. The average Bonchev–Trinajstić information content (AvgIpc) is 2.85. The maximum atomic E-state index is 11.9. The zero-order valence-corrected chi connectivity index (χ0v) is 11.9. The fraction of sp³-hybridized carbons (Fsp3) is 0.867. The summed E-state index contributed by atoms with van der Waals surface area (Å²) in [5.74, 6) is -0.603. The van der Waals surface area contributed by atoms with E-state index in [1.165, 1.54) is 0 Å². The molecule has 2 rings (SSSR count). The summed E-state index contributed by atoms with van der Waals surface area (Å²) in [7, 11) is 0. The predicted molar refractivity (Wildman–Crippen MR) is 70.7 cm³/mol. The smallest absolute Gasteiger partial charge is 0.306 e. The summed E-state index contributed by atoms with van der Waals surface area (Å²) in [6.45, 7) is 4.37. The Morgan fingerprint density at radius 2 is 1.74 bits per heavy atom. The zero-order chi connectivity index (χ0) is 14.1. The molecule has 2 aliphatic rings. The van der Waals surface area contributed by atoms with Crippen LogP contribution in [0.1, 0.15) is 65.2 Å². The van der Waals surface area contributed by atoms with E-state index in [1.807, 2.05) is 0 Å². The van der Waals surface area contributed by atoms with Gasteiger partial charge in [0.1, 0.15) is 5.60 Å². The van der Waals surface area contributed by atoms with Gasteiger partial charge >= 0.3 is 11.9 Å². The molecule has 0 aromatic rings. The second kappa shape index (κ2) is 5.14. The lowest BCUT2D eigenvalue weighted by molar-refractivity contribution is -0.173. The molecule has 2 bridgehead atoms. The molecule has 0 radical (unpaired) electrons. The van der Waals surface area contributed by atoms with Crippen molar-refractivity contribution in [1.29, 1.82) is 0 Å². The molecule has 0 aromatic carbocycles. The minimum atomic E-state index is -0.942. The molecular formula is C15H24O4. The molecule has 0 atom stereocenters. The first-order valence-corrected chi connectivity index (χ1v) is 7.43. The number of hydrogen-bond acceptors (Lipinski definition) is 3. The predicted octanol–water partition coefficient (Wildman–Crippen LogP) is 3.14. The number of carbonyl (C=O) groups excluding carboxylic acids is 1. The topological polar surface area (TPSA) is 63.6 Å². The molecular weight excluding hydrogens is 244 g/mol. The number of rotatable bonds is 6. The number of carbonyl (C=O) groups is 2. The summed E-state index contributed by atoms with van der Waals surface area (Å²) >= 11 is 0. The van der Waals surface area contributed by atoms with Crippen molar-refractivity contribution in [3.05, 3.63) is 0 Å². The average molecular weight is 268 g/mol. The van der Waals surface area contributed by atoms with Crippen LogP contribution in [0.2, 0.25) is 0 Å². The van der Waals surface area contributed by atoms with Crippen LogP contribution in [0.5, 0.6) is 0 Å². The first-order valence-electron chi connectivity index (χ1n) is 7.43. The lowest BCUT2D eigenvalue weighted by Crippen LogP contribution is -2.45. The Bertz CT molecular complexity index is 362. The first-order chi connectivity index (χ1) is 8.99. The van der Waals surface area contributed by atoms with Gasteiger partial charge in [-0.3, -0.25) is 9.59 Å². The van der Waals surface area contributed by atoms with Crippen LogP contribution in [0.4, 0.5) is 0 Å². The van der Waals surface area contributed by atoms with Crippen LogP contribution in [0.25, 0.3) is 0 Å². The summed E-state index contributed by atoms with van der Waals surface area (Å²) in [6.07, 6.45) is 6.15. The highest BCUT2D eigenvalue weighted by Gasteiger charge is 2.64. The van der Waals surface area contributed by atoms with Crippen LogP contribution in [-0.4, -0.2) is 22.6 Å². The number of aliphatic carboxylic acids is 1. The fourth-order valence-electron chi connectivity index (χ4n) is 4.66. The van der Waals surface area contributed by atoms with Crippen LogP contribution in [0.15, 0.2) is 0 Å². The van der Waals surface area contributed by atoms with Crippen molar-refractivity contribution >= 4 is 11.9 Å². The lowest BCUT2D eigenvalue weighted by atomic mass is 9.70. The second-order valence-electron chi connectivity index (χ2n) is 6.00. The second-order valence-corrected chi connectivity index (χ2v) is 6.00. The summed E-state index contributed by atoms with van der Waals surface area (Å²) in [5, 5.41) is 8.64. The van der Waals surface area contributed by atoms with E-state index in [9.17, 15) is 9.59 Å². The monoisotopic (exact) mass is 268 g/mol. The van der Waals surface area contributed by atoms with Gasteiger partial charge in [-0.05, 0) is 44.4 Å². The molecule has 0 unspecified atom stereocenters. The zero-order valence-electron chi connectivity index (χ0n) is 11.9. The normalized spacial score (nSPS) is 31.4. The van der Waals surface area contributed by atoms with Gasteiger partial charge in [-0.25, -0.2) is 0 Å². The molecule has 2 aliphatic carbocycles. The quantitative estimate of drug-likeness (QED) is 0.752. The minimum absolute atomic E-state index is 0.00867. The molecule has 2 fully saturated rings. The van der Waals surface area contributed by atoms with E-state index >= 15 is 0 Å². The van der Waals surface area contributed by atoms with Gasteiger partial charge in [-0.1, -0.05) is 13.8 Å². The highest BCUT2D eigenvalue weighted by Crippen LogP contribution is 2.65. The number of fused-ring (bicyclic) bond motifs is 2. The Balaban J connectivity index is 2.09. The van der Waals surface area contributed by atoms with Crippen LogP contribution < -0.4 is 0 Å². The molecule has 0 saturated heterocycles. The number of hydrogen-bond donors (Lipinski definition) is 1. The standard InChI is InChI=1S/C15H24O4/c1-3-14(4-2)11-7-9-15(14,10-8-11)19-13(18)6-5-12(16)17/h11H,3-10H2,1-2H3,(H,16,17). The third-order valence-corrected chi connectivity index (χ3v) is 5.60. The van der Waals surface area contributed by atoms with Gasteiger partial charge in [0.15, 0.2) is 0 Å². The Labute approximate surface area is 114 Å². The molecule has 0 aliphatic heterocycles. The molecule has 4 heteroatoms. The summed E-state index contributed by atoms with van der Waals surface area (Å²) in [4.78, 5) is 22.5. The van der Waals surface area contributed by atoms with Gasteiger partial charge in [-0.15, -0.1) is 0 Å². The summed E-state index contributed by atoms with van der Waals surface area (Å²) in [5.41, 5.74) is -0.178. The van der Waals surface area contributed by atoms with E-state index in [0.29, 0.717) is 5.92 Å². The van der Waals surface area contributed by atoms with E-state index in [1.54, 1.807) is 0 Å². The largest absolute Gasteiger partial charge is 0.481 e. The molecule has 4 nitrogen and oxygen atoms in total. The molecule has 108 valence electrons. The molecule has 0 aromatic heterocycles. The van der Waals surface area contributed by atoms with Gasteiger partial charge in [0, 0.05) is 5.41 Å². The van der Waals surface area contributed by atoms with E-state index in [0.717, 1.165) is 38.5 Å².